The van der Waals surface area contributed by atoms with Gasteiger partial charge >= 0.3 is 6.09 Å². The van der Waals surface area contributed by atoms with E-state index < -0.39 is 0 Å². The second-order valence-electron chi connectivity index (χ2n) is 11.2. The van der Waals surface area contributed by atoms with Gasteiger partial charge < -0.3 is 15.0 Å². The SMILES string of the molecule is Cc1cccc(C)c1C(=O)N1CCC(N2CCC3(CC2)OC(=O)NC3CC2CCCCC2)CC1. The van der Waals surface area contributed by atoms with Gasteiger partial charge in [-0.1, -0.05) is 50.3 Å². The summed E-state index contributed by atoms with van der Waals surface area (Å²) < 4.78 is 5.97. The lowest BCUT2D eigenvalue weighted by Gasteiger charge is -2.46. The van der Waals surface area contributed by atoms with Crippen LogP contribution < -0.4 is 5.32 Å². The van der Waals surface area contributed by atoms with E-state index in [1.165, 1.54) is 32.1 Å². The number of aryl methyl sites for hydroxylation is 2. The van der Waals surface area contributed by atoms with Crippen LogP contribution in [0.2, 0.25) is 0 Å². The van der Waals surface area contributed by atoms with Crippen molar-refractivity contribution in [2.24, 2.45) is 5.92 Å². The van der Waals surface area contributed by atoms with Gasteiger partial charge in [0.05, 0.1) is 6.04 Å². The lowest BCUT2D eigenvalue weighted by molar-refractivity contribution is -0.0376. The van der Waals surface area contributed by atoms with Crippen molar-refractivity contribution in [2.75, 3.05) is 26.2 Å². The van der Waals surface area contributed by atoms with Crippen molar-refractivity contribution >= 4 is 12.0 Å². The van der Waals surface area contributed by atoms with Gasteiger partial charge in [0.1, 0.15) is 5.60 Å². The highest BCUT2D eigenvalue weighted by atomic mass is 16.6. The van der Waals surface area contributed by atoms with Gasteiger partial charge in [0.25, 0.3) is 5.91 Å². The lowest BCUT2D eigenvalue weighted by atomic mass is 9.76. The summed E-state index contributed by atoms with van der Waals surface area (Å²) in [6, 6.07) is 6.77. The average molecular weight is 468 g/mol. The molecule has 1 saturated carbocycles. The van der Waals surface area contributed by atoms with E-state index in [1.54, 1.807) is 0 Å². The summed E-state index contributed by atoms with van der Waals surface area (Å²) in [4.78, 5) is 30.0. The summed E-state index contributed by atoms with van der Waals surface area (Å²) in [7, 11) is 0. The normalized spacial score (nSPS) is 26.5. The molecule has 1 atom stereocenters. The summed E-state index contributed by atoms with van der Waals surface area (Å²) in [5.41, 5.74) is 2.69. The van der Waals surface area contributed by atoms with E-state index in [0.29, 0.717) is 6.04 Å². The number of hydrogen-bond donors (Lipinski definition) is 1. The van der Waals surface area contributed by atoms with Crippen LogP contribution >= 0.6 is 0 Å². The number of ether oxygens (including phenoxy) is 1. The smallest absolute Gasteiger partial charge is 0.408 e. The molecule has 186 valence electrons. The lowest BCUT2D eigenvalue weighted by Crippen LogP contribution is -2.56. The number of carbonyl (C=O) groups excluding carboxylic acids is 2. The fourth-order valence-corrected chi connectivity index (χ4v) is 7.05. The molecule has 4 fully saturated rings. The van der Waals surface area contributed by atoms with E-state index in [0.717, 1.165) is 80.9 Å². The Morgan fingerprint density at radius 1 is 1.00 bits per heavy atom. The summed E-state index contributed by atoms with van der Waals surface area (Å²) in [5.74, 6) is 0.913. The molecule has 3 aliphatic heterocycles. The number of benzene rings is 1. The number of likely N-dealkylation sites (tertiary alicyclic amines) is 2. The van der Waals surface area contributed by atoms with Crippen LogP contribution in [0.25, 0.3) is 0 Å². The Labute approximate surface area is 204 Å². The van der Waals surface area contributed by atoms with Crippen molar-refractivity contribution in [3.8, 4) is 0 Å². The molecule has 3 heterocycles. The van der Waals surface area contributed by atoms with Crippen LogP contribution in [-0.4, -0.2) is 65.7 Å². The number of alkyl carbamates (subject to hydrolysis) is 1. The summed E-state index contributed by atoms with van der Waals surface area (Å²) in [6.07, 6.45) is 11.4. The molecule has 0 bridgehead atoms. The maximum Gasteiger partial charge on any atom is 0.408 e. The fraction of sp³-hybridized carbons (Fsp3) is 0.714. The Morgan fingerprint density at radius 2 is 1.65 bits per heavy atom. The number of nitrogens with zero attached hydrogens (tertiary/aromatic N) is 2. The zero-order chi connectivity index (χ0) is 23.7. The maximum absolute atomic E-state index is 13.2. The molecule has 2 amide bonds. The summed E-state index contributed by atoms with van der Waals surface area (Å²) in [5, 5.41) is 3.18. The molecule has 0 radical (unpaired) electrons. The van der Waals surface area contributed by atoms with E-state index in [4.69, 9.17) is 4.74 Å². The van der Waals surface area contributed by atoms with Crippen LogP contribution in [0.1, 0.15) is 85.7 Å². The average Bonchev–Trinajstić information content (AvgIpc) is 3.14. The Morgan fingerprint density at radius 3 is 2.29 bits per heavy atom. The highest BCUT2D eigenvalue weighted by Crippen LogP contribution is 2.40. The van der Waals surface area contributed by atoms with Crippen LogP contribution in [0.3, 0.4) is 0 Å². The van der Waals surface area contributed by atoms with E-state index >= 15 is 0 Å². The molecule has 6 nitrogen and oxygen atoms in total. The molecule has 34 heavy (non-hydrogen) atoms. The predicted molar refractivity (Wildman–Crippen MR) is 133 cm³/mol. The van der Waals surface area contributed by atoms with Gasteiger partial charge in [-0.2, -0.15) is 0 Å². The van der Waals surface area contributed by atoms with Crippen molar-refractivity contribution in [3.05, 3.63) is 34.9 Å². The van der Waals surface area contributed by atoms with Crippen LogP contribution in [0.5, 0.6) is 0 Å². The first kappa shape index (κ1) is 23.7. The molecule has 5 rings (SSSR count). The first-order valence-corrected chi connectivity index (χ1v) is 13.5. The second kappa shape index (κ2) is 9.88. The Balaban J connectivity index is 1.15. The van der Waals surface area contributed by atoms with Gasteiger partial charge in [-0.15, -0.1) is 0 Å². The number of hydrogen-bond acceptors (Lipinski definition) is 4. The topological polar surface area (TPSA) is 61.9 Å². The fourth-order valence-electron chi connectivity index (χ4n) is 7.05. The van der Waals surface area contributed by atoms with Crippen LogP contribution in [0.4, 0.5) is 4.79 Å². The van der Waals surface area contributed by atoms with Gasteiger partial charge in [0.2, 0.25) is 0 Å². The molecule has 1 unspecified atom stereocenters. The molecule has 0 aromatic heterocycles. The number of carbonyl (C=O) groups is 2. The number of amides is 2. The zero-order valence-electron chi connectivity index (χ0n) is 21.0. The molecule has 3 saturated heterocycles. The minimum absolute atomic E-state index is 0.169. The van der Waals surface area contributed by atoms with Crippen molar-refractivity contribution in [2.45, 2.75) is 95.7 Å². The third-order valence-electron chi connectivity index (χ3n) is 9.12. The molecule has 1 N–H and O–H groups in total. The van der Waals surface area contributed by atoms with Crippen LogP contribution in [0.15, 0.2) is 18.2 Å². The quantitative estimate of drug-likeness (QED) is 0.690. The standard InChI is InChI=1S/C28H41N3O3/c1-20-7-6-8-21(2)25(20)26(32)31-15-11-23(12-16-31)30-17-13-28(14-18-30)24(29-27(33)34-28)19-22-9-4-3-5-10-22/h6-8,22-24H,3-5,9-19H2,1-2H3,(H,29,33). The van der Waals surface area contributed by atoms with Crippen LogP contribution in [0, 0.1) is 19.8 Å². The minimum Gasteiger partial charge on any atom is -0.441 e. The van der Waals surface area contributed by atoms with Crippen molar-refractivity contribution in [3.63, 3.8) is 0 Å². The van der Waals surface area contributed by atoms with Gasteiger partial charge in [0.15, 0.2) is 0 Å². The Hall–Kier alpha value is -2.08. The first-order chi connectivity index (χ1) is 16.4. The molecule has 4 aliphatic rings. The number of rotatable bonds is 4. The second-order valence-corrected chi connectivity index (χ2v) is 11.2. The number of piperidine rings is 2. The molecule has 1 aromatic carbocycles. The van der Waals surface area contributed by atoms with Crippen molar-refractivity contribution in [1.82, 2.24) is 15.1 Å². The zero-order valence-corrected chi connectivity index (χ0v) is 21.0. The minimum atomic E-state index is -0.315. The van der Waals surface area contributed by atoms with Gasteiger partial charge in [-0.05, 0) is 50.2 Å². The Kier molecular flexibility index (Phi) is 6.88. The molecule has 6 heteroatoms. The molecular weight excluding hydrogens is 426 g/mol. The van der Waals surface area contributed by atoms with Gasteiger partial charge in [-0.3, -0.25) is 9.69 Å². The van der Waals surface area contributed by atoms with Crippen LogP contribution in [-0.2, 0) is 4.74 Å². The van der Waals surface area contributed by atoms with E-state index in [9.17, 15) is 9.59 Å². The largest absolute Gasteiger partial charge is 0.441 e. The molecule has 1 aromatic rings. The van der Waals surface area contributed by atoms with E-state index in [2.05, 4.69) is 10.2 Å². The molecule has 1 aliphatic carbocycles. The maximum atomic E-state index is 13.2. The highest BCUT2D eigenvalue weighted by Gasteiger charge is 2.51. The van der Waals surface area contributed by atoms with Gasteiger partial charge in [-0.25, -0.2) is 4.79 Å². The third kappa shape index (κ3) is 4.71. The van der Waals surface area contributed by atoms with E-state index in [-0.39, 0.29) is 23.6 Å². The predicted octanol–water partition coefficient (Wildman–Crippen LogP) is 4.82. The summed E-state index contributed by atoms with van der Waals surface area (Å²) in [6.45, 7) is 7.66. The van der Waals surface area contributed by atoms with Crippen molar-refractivity contribution in [1.29, 1.82) is 0 Å². The Bertz CT molecular complexity index is 874. The molecular formula is C28H41N3O3. The summed E-state index contributed by atoms with van der Waals surface area (Å²) >= 11 is 0. The highest BCUT2D eigenvalue weighted by molar-refractivity contribution is 5.97. The third-order valence-corrected chi connectivity index (χ3v) is 9.12. The van der Waals surface area contributed by atoms with Gasteiger partial charge in [0, 0.05) is 50.6 Å². The monoisotopic (exact) mass is 467 g/mol. The van der Waals surface area contributed by atoms with E-state index in [1.807, 2.05) is 36.9 Å². The van der Waals surface area contributed by atoms with Crippen molar-refractivity contribution < 1.29 is 14.3 Å². The first-order valence-electron chi connectivity index (χ1n) is 13.5. The number of nitrogens with one attached hydrogen (secondary N) is 1. The molecule has 1 spiro atoms.